The summed E-state index contributed by atoms with van der Waals surface area (Å²) >= 11 is 0. The summed E-state index contributed by atoms with van der Waals surface area (Å²) < 4.78 is 45.3. The molecule has 4 rings (SSSR count). The molecule has 0 N–H and O–H groups in total. The molecule has 1 aromatic rings. The maximum atomic E-state index is 13.0. The third kappa shape index (κ3) is 4.91. The summed E-state index contributed by atoms with van der Waals surface area (Å²) in [6.07, 6.45) is 5.77. The number of hydrogen-bond acceptors (Lipinski definition) is 5. The first-order valence-corrected chi connectivity index (χ1v) is 12.8. The lowest BCUT2D eigenvalue weighted by molar-refractivity contribution is -0.0629. The van der Waals surface area contributed by atoms with E-state index in [1.54, 1.807) is 16.4 Å². The number of aryl methyl sites for hydroxylation is 1. The molecule has 1 aromatic carbocycles. The van der Waals surface area contributed by atoms with Gasteiger partial charge in [0.25, 0.3) is 0 Å². The van der Waals surface area contributed by atoms with Crippen molar-refractivity contribution in [3.63, 3.8) is 0 Å². The smallest absolute Gasteiger partial charge is 0.243 e. The van der Waals surface area contributed by atoms with Crippen LogP contribution in [0.25, 0.3) is 0 Å². The molecule has 3 saturated heterocycles. The second-order valence-electron chi connectivity index (χ2n) is 9.04. The zero-order valence-corrected chi connectivity index (χ0v) is 18.9. The van der Waals surface area contributed by atoms with E-state index < -0.39 is 10.0 Å². The van der Waals surface area contributed by atoms with Gasteiger partial charge in [0, 0.05) is 46.1 Å². The quantitative estimate of drug-likeness (QED) is 0.612. The fourth-order valence-corrected chi connectivity index (χ4v) is 6.54. The van der Waals surface area contributed by atoms with Crippen LogP contribution in [0.4, 0.5) is 0 Å². The molecular formula is C23H35NO5S. The van der Waals surface area contributed by atoms with Crippen molar-refractivity contribution in [1.29, 1.82) is 0 Å². The van der Waals surface area contributed by atoms with Gasteiger partial charge >= 0.3 is 0 Å². The third-order valence-electron chi connectivity index (χ3n) is 7.13. The van der Waals surface area contributed by atoms with E-state index in [0.29, 0.717) is 29.8 Å². The summed E-state index contributed by atoms with van der Waals surface area (Å²) in [4.78, 5) is 0.384. The monoisotopic (exact) mass is 437 g/mol. The van der Waals surface area contributed by atoms with Crippen molar-refractivity contribution >= 4 is 10.0 Å². The van der Waals surface area contributed by atoms with Gasteiger partial charge in [-0.1, -0.05) is 17.7 Å². The Kier molecular flexibility index (Phi) is 7.15. The summed E-state index contributed by atoms with van der Waals surface area (Å²) in [7, 11) is -3.43. The number of rotatable bonds is 7. The van der Waals surface area contributed by atoms with Gasteiger partial charge in [-0.15, -0.1) is 0 Å². The van der Waals surface area contributed by atoms with Gasteiger partial charge in [-0.05, 0) is 69.4 Å². The highest BCUT2D eigenvalue weighted by atomic mass is 32.2. The number of piperidine rings is 1. The fraction of sp³-hybridized carbons (Fsp3) is 0.739. The molecule has 30 heavy (non-hydrogen) atoms. The lowest BCUT2D eigenvalue weighted by atomic mass is 9.78. The molecule has 168 valence electrons. The van der Waals surface area contributed by atoms with Gasteiger partial charge < -0.3 is 14.2 Å². The predicted molar refractivity (Wildman–Crippen MR) is 115 cm³/mol. The minimum atomic E-state index is -3.43. The van der Waals surface area contributed by atoms with Gasteiger partial charge in [0.05, 0.1) is 10.5 Å². The maximum absolute atomic E-state index is 13.0. The molecule has 3 fully saturated rings. The van der Waals surface area contributed by atoms with E-state index in [0.717, 1.165) is 77.1 Å². The lowest BCUT2D eigenvalue weighted by Gasteiger charge is -2.41. The van der Waals surface area contributed by atoms with Crippen LogP contribution in [0.2, 0.25) is 0 Å². The molecule has 1 unspecified atom stereocenters. The number of hydrogen-bond donors (Lipinski definition) is 0. The number of sulfonamides is 1. The summed E-state index contributed by atoms with van der Waals surface area (Å²) in [5, 5.41) is 0. The summed E-state index contributed by atoms with van der Waals surface area (Å²) in [5.41, 5.74) is 0.884. The topological polar surface area (TPSA) is 65.1 Å². The van der Waals surface area contributed by atoms with E-state index in [-0.39, 0.29) is 5.60 Å². The normalized spacial score (nSPS) is 25.7. The van der Waals surface area contributed by atoms with Gasteiger partial charge in [0.15, 0.2) is 0 Å². The molecule has 0 saturated carbocycles. The first kappa shape index (κ1) is 22.2. The standard InChI is InChI=1S/C23H35NO5S/c1-19-2-4-22(5-3-19)30(25,26)24-12-10-23(11-13-24)21(9-17-29-23)8-16-28-18-20-6-14-27-15-7-20/h2-5,20-21H,6-18H2,1H3. The minimum absolute atomic E-state index is 0.179. The van der Waals surface area contributed by atoms with Crippen LogP contribution in [-0.2, 0) is 24.2 Å². The molecule has 3 aliphatic heterocycles. The Bertz CT molecular complexity index is 780. The first-order chi connectivity index (χ1) is 14.5. The molecule has 7 heteroatoms. The van der Waals surface area contributed by atoms with Crippen molar-refractivity contribution in [1.82, 2.24) is 4.31 Å². The van der Waals surface area contributed by atoms with Crippen molar-refractivity contribution in [2.45, 2.75) is 55.9 Å². The Morgan fingerprint density at radius 1 is 1.07 bits per heavy atom. The molecule has 6 nitrogen and oxygen atoms in total. The average molecular weight is 438 g/mol. The zero-order chi connectivity index (χ0) is 21.0. The first-order valence-electron chi connectivity index (χ1n) is 11.4. The highest BCUT2D eigenvalue weighted by Crippen LogP contribution is 2.43. The van der Waals surface area contributed by atoms with Gasteiger partial charge in [0.1, 0.15) is 0 Å². The zero-order valence-electron chi connectivity index (χ0n) is 18.1. The Balaban J connectivity index is 1.28. The van der Waals surface area contributed by atoms with E-state index >= 15 is 0 Å². The molecule has 0 aliphatic carbocycles. The third-order valence-corrected chi connectivity index (χ3v) is 9.05. The largest absolute Gasteiger partial charge is 0.381 e. The fourth-order valence-electron chi connectivity index (χ4n) is 5.10. The molecule has 1 spiro atoms. The summed E-state index contributed by atoms with van der Waals surface area (Å²) in [6.45, 7) is 7.09. The second kappa shape index (κ2) is 9.65. The molecule has 1 atom stereocenters. The SMILES string of the molecule is Cc1ccc(S(=O)(=O)N2CCC3(CC2)OCCC3CCOCC2CCOCC2)cc1. The van der Waals surface area contributed by atoms with Crippen molar-refractivity contribution in [2.75, 3.05) is 46.1 Å². The van der Waals surface area contributed by atoms with E-state index in [2.05, 4.69) is 0 Å². The molecule has 0 aromatic heterocycles. The van der Waals surface area contributed by atoms with Gasteiger partial charge in [-0.25, -0.2) is 8.42 Å². The van der Waals surface area contributed by atoms with Crippen LogP contribution in [0, 0.1) is 18.8 Å². The summed E-state index contributed by atoms with van der Waals surface area (Å²) in [5.74, 6) is 1.08. The number of ether oxygens (including phenoxy) is 3. The molecule has 3 aliphatic rings. The van der Waals surface area contributed by atoms with Crippen LogP contribution in [0.1, 0.15) is 44.1 Å². The predicted octanol–water partition coefficient (Wildman–Crippen LogP) is 3.39. The highest BCUT2D eigenvalue weighted by molar-refractivity contribution is 7.89. The molecule has 0 bridgehead atoms. The average Bonchev–Trinajstić information content (AvgIpc) is 3.14. The number of nitrogens with zero attached hydrogens (tertiary/aromatic N) is 1. The lowest BCUT2D eigenvalue weighted by Crippen LogP contribution is -2.49. The molecule has 0 amide bonds. The van der Waals surface area contributed by atoms with Crippen molar-refractivity contribution in [2.24, 2.45) is 11.8 Å². The minimum Gasteiger partial charge on any atom is -0.381 e. The van der Waals surface area contributed by atoms with E-state index in [4.69, 9.17) is 14.2 Å². The van der Waals surface area contributed by atoms with Crippen LogP contribution < -0.4 is 0 Å². The van der Waals surface area contributed by atoms with Gasteiger partial charge in [-0.3, -0.25) is 0 Å². The Morgan fingerprint density at radius 2 is 1.77 bits per heavy atom. The van der Waals surface area contributed by atoms with Gasteiger partial charge in [0.2, 0.25) is 10.0 Å². The van der Waals surface area contributed by atoms with Crippen LogP contribution in [-0.4, -0.2) is 64.4 Å². The van der Waals surface area contributed by atoms with Gasteiger partial charge in [-0.2, -0.15) is 4.31 Å². The van der Waals surface area contributed by atoms with E-state index in [1.165, 1.54) is 0 Å². The van der Waals surface area contributed by atoms with Crippen molar-refractivity contribution in [3.05, 3.63) is 29.8 Å². The molecule has 3 heterocycles. The van der Waals surface area contributed by atoms with Crippen molar-refractivity contribution in [3.8, 4) is 0 Å². The van der Waals surface area contributed by atoms with E-state index in [1.807, 2.05) is 19.1 Å². The van der Waals surface area contributed by atoms with Crippen LogP contribution >= 0.6 is 0 Å². The Labute approximate surface area is 180 Å². The van der Waals surface area contributed by atoms with Crippen LogP contribution in [0.15, 0.2) is 29.2 Å². The number of benzene rings is 1. The van der Waals surface area contributed by atoms with Crippen LogP contribution in [0.3, 0.4) is 0 Å². The Morgan fingerprint density at radius 3 is 2.47 bits per heavy atom. The Hall–Kier alpha value is -0.990. The van der Waals surface area contributed by atoms with Crippen molar-refractivity contribution < 1.29 is 22.6 Å². The molecular weight excluding hydrogens is 402 g/mol. The molecule has 0 radical (unpaired) electrons. The van der Waals surface area contributed by atoms with E-state index in [9.17, 15) is 8.42 Å². The maximum Gasteiger partial charge on any atom is 0.243 e. The highest BCUT2D eigenvalue weighted by Gasteiger charge is 2.47. The van der Waals surface area contributed by atoms with Crippen LogP contribution in [0.5, 0.6) is 0 Å². The summed E-state index contributed by atoms with van der Waals surface area (Å²) in [6, 6.07) is 7.13. The second-order valence-corrected chi connectivity index (χ2v) is 11.0.